The average Bonchev–Trinajstić information content (AvgIpc) is 2.78. The Morgan fingerprint density at radius 3 is 2.50 bits per heavy atom. The van der Waals surface area contributed by atoms with Crippen LogP contribution in [0.25, 0.3) is 5.57 Å². The second kappa shape index (κ2) is 6.60. The zero-order valence-electron chi connectivity index (χ0n) is 13.7. The molecule has 2 aromatic rings. The molecule has 4 rings (SSSR count). The molecule has 0 radical (unpaired) electrons. The fourth-order valence-corrected chi connectivity index (χ4v) is 4.00. The smallest absolute Gasteiger partial charge is 0.0918 e. The Hall–Kier alpha value is -2.41. The largest absolute Gasteiger partial charge is 0.314 e. The van der Waals surface area contributed by atoms with Gasteiger partial charge in [-0.25, -0.2) is 0 Å². The maximum absolute atomic E-state index is 9.33. The molecule has 1 heterocycles. The summed E-state index contributed by atoms with van der Waals surface area (Å²) in [5, 5.41) is 12.8. The molecule has 3 heteroatoms. The second-order valence-electron chi connectivity index (χ2n) is 6.44. The Kier molecular flexibility index (Phi) is 4.17. The molecule has 1 atom stereocenters. The van der Waals surface area contributed by atoms with Gasteiger partial charge in [0.1, 0.15) is 0 Å². The first-order valence-corrected chi connectivity index (χ1v) is 8.60. The quantitative estimate of drug-likeness (QED) is 0.822. The molecule has 24 heavy (non-hydrogen) atoms. The Balaban J connectivity index is 1.90. The molecular formula is C21H21N3. The van der Waals surface area contributed by atoms with Gasteiger partial charge in [-0.15, -0.1) is 0 Å². The zero-order valence-corrected chi connectivity index (χ0v) is 13.7. The van der Waals surface area contributed by atoms with E-state index in [1.807, 2.05) is 0 Å². The summed E-state index contributed by atoms with van der Waals surface area (Å²) in [6.45, 7) is 4.22. The second-order valence-corrected chi connectivity index (χ2v) is 6.44. The summed E-state index contributed by atoms with van der Waals surface area (Å²) < 4.78 is 0. The lowest BCUT2D eigenvalue weighted by Crippen LogP contribution is -2.45. The van der Waals surface area contributed by atoms with E-state index in [2.05, 4.69) is 64.8 Å². The Labute approximate surface area is 143 Å². The molecule has 0 aromatic heterocycles. The third kappa shape index (κ3) is 2.65. The summed E-state index contributed by atoms with van der Waals surface area (Å²) in [4.78, 5) is 2.58. The van der Waals surface area contributed by atoms with Gasteiger partial charge in [0.05, 0.1) is 6.07 Å². The number of hydrogen-bond donors (Lipinski definition) is 1. The van der Waals surface area contributed by atoms with Crippen molar-refractivity contribution in [3.63, 3.8) is 0 Å². The fourth-order valence-electron chi connectivity index (χ4n) is 4.00. The van der Waals surface area contributed by atoms with Crippen molar-refractivity contribution in [2.75, 3.05) is 26.2 Å². The zero-order chi connectivity index (χ0) is 16.4. The van der Waals surface area contributed by atoms with Gasteiger partial charge in [0.25, 0.3) is 0 Å². The first-order valence-electron chi connectivity index (χ1n) is 8.60. The maximum Gasteiger partial charge on any atom is 0.0918 e. The predicted octanol–water partition coefficient (Wildman–Crippen LogP) is 3.14. The van der Waals surface area contributed by atoms with Crippen LogP contribution in [0.5, 0.6) is 0 Å². The van der Waals surface area contributed by atoms with E-state index < -0.39 is 0 Å². The highest BCUT2D eigenvalue weighted by atomic mass is 15.2. The Bertz CT molecular complexity index is 810. The number of benzene rings is 2. The van der Waals surface area contributed by atoms with Crippen LogP contribution in [0.4, 0.5) is 0 Å². The molecule has 0 spiro atoms. The van der Waals surface area contributed by atoms with Crippen LogP contribution in [0.3, 0.4) is 0 Å². The van der Waals surface area contributed by atoms with E-state index in [0.717, 1.165) is 38.2 Å². The normalized spacial score (nSPS) is 22.3. The van der Waals surface area contributed by atoms with Gasteiger partial charge < -0.3 is 5.32 Å². The van der Waals surface area contributed by atoms with Crippen LogP contribution >= 0.6 is 0 Å². The van der Waals surface area contributed by atoms with Crippen molar-refractivity contribution in [3.05, 3.63) is 76.9 Å². The fraction of sp³-hybridized carbons (Fsp3) is 0.286. The summed E-state index contributed by atoms with van der Waals surface area (Å²) in [7, 11) is 0. The third-order valence-corrected chi connectivity index (χ3v) is 5.13. The van der Waals surface area contributed by atoms with Crippen LogP contribution in [-0.2, 0) is 6.42 Å². The lowest BCUT2D eigenvalue weighted by Gasteiger charge is -2.35. The minimum Gasteiger partial charge on any atom is -0.314 e. The van der Waals surface area contributed by atoms with Crippen molar-refractivity contribution in [1.29, 1.82) is 5.26 Å². The molecule has 0 bridgehead atoms. The maximum atomic E-state index is 9.33. The Morgan fingerprint density at radius 2 is 1.71 bits per heavy atom. The molecule has 3 nitrogen and oxygen atoms in total. The number of piperazine rings is 1. The van der Waals surface area contributed by atoms with Crippen LogP contribution < -0.4 is 5.32 Å². The monoisotopic (exact) mass is 315 g/mol. The van der Waals surface area contributed by atoms with E-state index in [-0.39, 0.29) is 0 Å². The van der Waals surface area contributed by atoms with Gasteiger partial charge in [-0.05, 0) is 34.2 Å². The Morgan fingerprint density at radius 1 is 1.00 bits per heavy atom. The van der Waals surface area contributed by atoms with Crippen molar-refractivity contribution in [3.8, 4) is 6.07 Å². The van der Waals surface area contributed by atoms with Gasteiger partial charge >= 0.3 is 0 Å². The van der Waals surface area contributed by atoms with E-state index >= 15 is 0 Å². The molecule has 0 saturated carbocycles. The van der Waals surface area contributed by atoms with Crippen molar-refractivity contribution in [1.82, 2.24) is 10.2 Å². The number of nitrogens with one attached hydrogen (secondary N) is 1. The molecule has 1 fully saturated rings. The number of nitriles is 1. The number of hydrogen-bond acceptors (Lipinski definition) is 3. The minimum atomic E-state index is 0.369. The number of allylic oxidation sites excluding steroid dienone is 1. The SMILES string of the molecule is N#C/C=C1\c2ccccc2CC(N2CCNCC2)c2ccccc21. The molecule has 0 amide bonds. The van der Waals surface area contributed by atoms with Crippen molar-refractivity contribution < 1.29 is 0 Å². The molecular weight excluding hydrogens is 294 g/mol. The number of rotatable bonds is 1. The van der Waals surface area contributed by atoms with E-state index in [1.54, 1.807) is 6.08 Å². The molecule has 120 valence electrons. The number of fused-ring (bicyclic) bond motifs is 2. The predicted molar refractivity (Wildman–Crippen MR) is 96.5 cm³/mol. The third-order valence-electron chi connectivity index (χ3n) is 5.13. The summed E-state index contributed by atoms with van der Waals surface area (Å²) in [6, 6.07) is 19.7. The van der Waals surface area contributed by atoms with Crippen LogP contribution in [0.1, 0.15) is 28.3 Å². The summed E-state index contributed by atoms with van der Waals surface area (Å²) >= 11 is 0. The number of nitrogens with zero attached hydrogens (tertiary/aromatic N) is 2. The van der Waals surface area contributed by atoms with Crippen molar-refractivity contribution in [2.24, 2.45) is 0 Å². The van der Waals surface area contributed by atoms with Gasteiger partial charge in [-0.3, -0.25) is 4.90 Å². The first-order chi connectivity index (χ1) is 11.9. The van der Waals surface area contributed by atoms with Crippen LogP contribution in [-0.4, -0.2) is 31.1 Å². The van der Waals surface area contributed by atoms with Gasteiger partial charge in [0, 0.05) is 38.3 Å². The topological polar surface area (TPSA) is 39.1 Å². The highest BCUT2D eigenvalue weighted by Gasteiger charge is 2.29. The van der Waals surface area contributed by atoms with Crippen LogP contribution in [0.2, 0.25) is 0 Å². The lowest BCUT2D eigenvalue weighted by atomic mass is 9.93. The molecule has 1 unspecified atom stereocenters. The highest BCUT2D eigenvalue weighted by molar-refractivity contribution is 5.85. The van der Waals surface area contributed by atoms with Gasteiger partial charge in [-0.2, -0.15) is 5.26 Å². The van der Waals surface area contributed by atoms with Crippen LogP contribution in [0.15, 0.2) is 54.6 Å². The van der Waals surface area contributed by atoms with E-state index in [0.29, 0.717) is 6.04 Å². The van der Waals surface area contributed by atoms with E-state index in [4.69, 9.17) is 0 Å². The van der Waals surface area contributed by atoms with Gasteiger partial charge in [0.15, 0.2) is 0 Å². The molecule has 1 aliphatic heterocycles. The molecule has 2 aliphatic rings. The standard InChI is InChI=1S/C21H21N3/c22-10-9-19-17-6-2-1-5-16(17)15-21(24-13-11-23-12-14-24)20-8-4-3-7-18(19)20/h1-9,21,23H,11-15H2/b19-9+. The van der Waals surface area contributed by atoms with E-state index in [9.17, 15) is 5.26 Å². The van der Waals surface area contributed by atoms with Crippen LogP contribution in [0, 0.1) is 11.3 Å². The lowest BCUT2D eigenvalue weighted by molar-refractivity contribution is 0.172. The molecule has 1 saturated heterocycles. The molecule has 1 aliphatic carbocycles. The highest BCUT2D eigenvalue weighted by Crippen LogP contribution is 2.39. The van der Waals surface area contributed by atoms with Crippen molar-refractivity contribution >= 4 is 5.57 Å². The summed E-state index contributed by atoms with van der Waals surface area (Å²) in [5.41, 5.74) is 6.13. The van der Waals surface area contributed by atoms with E-state index in [1.165, 1.54) is 22.3 Å². The van der Waals surface area contributed by atoms with Gasteiger partial charge in [-0.1, -0.05) is 48.5 Å². The molecule has 2 aromatic carbocycles. The summed E-state index contributed by atoms with van der Waals surface area (Å²) in [6.07, 6.45) is 2.70. The average molecular weight is 315 g/mol. The van der Waals surface area contributed by atoms with Gasteiger partial charge in [0.2, 0.25) is 0 Å². The molecule has 1 N–H and O–H groups in total. The van der Waals surface area contributed by atoms with Crippen molar-refractivity contribution in [2.45, 2.75) is 12.5 Å². The first kappa shape index (κ1) is 15.1. The minimum absolute atomic E-state index is 0.369. The summed E-state index contributed by atoms with van der Waals surface area (Å²) in [5.74, 6) is 0.